The summed E-state index contributed by atoms with van der Waals surface area (Å²) in [7, 11) is 1.61. The van der Waals surface area contributed by atoms with Crippen molar-refractivity contribution in [2.45, 2.75) is 32.9 Å². The van der Waals surface area contributed by atoms with E-state index in [0.29, 0.717) is 18.9 Å². The number of benzene rings is 1. The van der Waals surface area contributed by atoms with Crippen LogP contribution >= 0.6 is 0 Å². The molecule has 0 amide bonds. The van der Waals surface area contributed by atoms with Crippen LogP contribution in [-0.2, 0) is 17.8 Å². The van der Waals surface area contributed by atoms with Gasteiger partial charge in [-0.25, -0.2) is 14.8 Å². The first-order valence-electron chi connectivity index (χ1n) is 7.45. The van der Waals surface area contributed by atoms with Crippen molar-refractivity contribution < 1.29 is 14.6 Å². The molecule has 120 valence electrons. The van der Waals surface area contributed by atoms with Gasteiger partial charge in [-0.2, -0.15) is 0 Å². The highest BCUT2D eigenvalue weighted by molar-refractivity contribution is 5.78. The molecule has 0 radical (unpaired) electrons. The molecule has 0 bridgehead atoms. The molecule has 1 N–H and O–H groups in total. The van der Waals surface area contributed by atoms with Crippen molar-refractivity contribution in [3.05, 3.63) is 46.8 Å². The number of aliphatic carboxylic acids is 1. The van der Waals surface area contributed by atoms with Crippen LogP contribution in [0.3, 0.4) is 0 Å². The average molecular weight is 313 g/mol. The minimum atomic E-state index is -0.874. The second-order valence-corrected chi connectivity index (χ2v) is 5.77. The number of aromatic nitrogens is 2. The van der Waals surface area contributed by atoms with E-state index in [1.54, 1.807) is 12.0 Å². The molecule has 0 spiro atoms. The Morgan fingerprint density at radius 3 is 2.52 bits per heavy atom. The predicted octanol–water partition coefficient (Wildman–Crippen LogP) is 2.12. The normalized spacial score (nSPS) is 16.8. The van der Waals surface area contributed by atoms with Crippen LogP contribution in [0.5, 0.6) is 5.75 Å². The van der Waals surface area contributed by atoms with E-state index in [1.807, 2.05) is 38.1 Å². The van der Waals surface area contributed by atoms with Crippen LogP contribution in [0.2, 0.25) is 0 Å². The van der Waals surface area contributed by atoms with Gasteiger partial charge >= 0.3 is 5.97 Å². The van der Waals surface area contributed by atoms with Gasteiger partial charge in [-0.05, 0) is 43.2 Å². The molecule has 1 aliphatic heterocycles. The van der Waals surface area contributed by atoms with Gasteiger partial charge in [0.2, 0.25) is 5.95 Å². The van der Waals surface area contributed by atoms with Crippen molar-refractivity contribution in [2.75, 3.05) is 12.0 Å². The average Bonchev–Trinajstić information content (AvgIpc) is 2.52. The number of nitrogens with zero attached hydrogens (tertiary/aromatic N) is 3. The maximum atomic E-state index is 11.7. The molecule has 0 fully saturated rings. The zero-order chi connectivity index (χ0) is 16.6. The number of hydrogen-bond donors (Lipinski definition) is 1. The minimum absolute atomic E-state index is 0.401. The van der Waals surface area contributed by atoms with E-state index in [0.717, 1.165) is 28.3 Å². The molecule has 1 aliphatic rings. The SMILES string of the molecule is COc1ccc2c(c1)CC(C(=O)O)N(c1nc(C)cc(C)n1)C2. The molecule has 3 rings (SSSR count). The third kappa shape index (κ3) is 2.97. The second-order valence-electron chi connectivity index (χ2n) is 5.77. The van der Waals surface area contributed by atoms with E-state index in [4.69, 9.17) is 4.74 Å². The van der Waals surface area contributed by atoms with Gasteiger partial charge in [0.05, 0.1) is 7.11 Å². The summed E-state index contributed by atoms with van der Waals surface area (Å²) in [6, 6.07) is 6.96. The molecule has 0 saturated carbocycles. The molecule has 1 unspecified atom stereocenters. The van der Waals surface area contributed by atoms with Crippen molar-refractivity contribution in [3.8, 4) is 5.75 Å². The summed E-state index contributed by atoms with van der Waals surface area (Å²) < 4.78 is 5.23. The summed E-state index contributed by atoms with van der Waals surface area (Å²) >= 11 is 0. The number of carboxylic acids is 1. The number of carbonyl (C=O) groups is 1. The molecule has 1 aromatic heterocycles. The maximum Gasteiger partial charge on any atom is 0.326 e. The van der Waals surface area contributed by atoms with Gasteiger partial charge in [0.25, 0.3) is 0 Å². The number of carboxylic acid groups (broad SMARTS) is 1. The molecule has 6 nitrogen and oxygen atoms in total. The molecule has 0 aliphatic carbocycles. The van der Waals surface area contributed by atoms with Crippen molar-refractivity contribution >= 4 is 11.9 Å². The summed E-state index contributed by atoms with van der Waals surface area (Å²) in [5.74, 6) is 0.335. The molecule has 2 aromatic rings. The fourth-order valence-electron chi connectivity index (χ4n) is 2.95. The molecule has 2 heterocycles. The van der Waals surface area contributed by atoms with Gasteiger partial charge in [0, 0.05) is 24.4 Å². The second kappa shape index (κ2) is 5.87. The first-order chi connectivity index (χ1) is 11.0. The standard InChI is InChI=1S/C17H19N3O3/c1-10-6-11(2)19-17(18-10)20-9-12-4-5-14(23-3)7-13(12)8-15(20)16(21)22/h4-7,15H,8-9H2,1-3H3,(H,21,22). The van der Waals surface area contributed by atoms with Crippen molar-refractivity contribution in [1.29, 1.82) is 0 Å². The largest absolute Gasteiger partial charge is 0.497 e. The number of anilines is 1. The van der Waals surface area contributed by atoms with Crippen molar-refractivity contribution in [3.63, 3.8) is 0 Å². The fourth-order valence-corrected chi connectivity index (χ4v) is 2.95. The number of rotatable bonds is 3. The first kappa shape index (κ1) is 15.3. The zero-order valence-corrected chi connectivity index (χ0v) is 13.4. The number of hydrogen-bond acceptors (Lipinski definition) is 5. The van der Waals surface area contributed by atoms with E-state index < -0.39 is 12.0 Å². The Kier molecular flexibility index (Phi) is 3.90. The highest BCUT2D eigenvalue weighted by Gasteiger charge is 2.33. The summed E-state index contributed by atoms with van der Waals surface area (Å²) in [5, 5.41) is 9.63. The van der Waals surface area contributed by atoms with Gasteiger partial charge in [-0.3, -0.25) is 0 Å². The Balaban J connectivity index is 2.03. The van der Waals surface area contributed by atoms with Gasteiger partial charge in [-0.15, -0.1) is 0 Å². The lowest BCUT2D eigenvalue weighted by Gasteiger charge is -2.34. The first-order valence-corrected chi connectivity index (χ1v) is 7.45. The number of methoxy groups -OCH3 is 1. The van der Waals surface area contributed by atoms with Crippen molar-refractivity contribution in [1.82, 2.24) is 9.97 Å². The molecular weight excluding hydrogens is 294 g/mol. The van der Waals surface area contributed by atoms with Gasteiger partial charge in [0.1, 0.15) is 11.8 Å². The van der Waals surface area contributed by atoms with Crippen LogP contribution in [0.1, 0.15) is 22.5 Å². The smallest absolute Gasteiger partial charge is 0.326 e. The summed E-state index contributed by atoms with van der Waals surface area (Å²) in [6.07, 6.45) is 0.401. The quantitative estimate of drug-likeness (QED) is 0.935. The Labute approximate surface area is 134 Å². The predicted molar refractivity (Wildman–Crippen MR) is 85.8 cm³/mol. The number of ether oxygens (including phenoxy) is 1. The summed E-state index contributed by atoms with van der Waals surface area (Å²) in [6.45, 7) is 4.24. The zero-order valence-electron chi connectivity index (χ0n) is 13.4. The molecule has 0 saturated heterocycles. The third-order valence-electron chi connectivity index (χ3n) is 4.06. The fraction of sp³-hybridized carbons (Fsp3) is 0.353. The van der Waals surface area contributed by atoms with Gasteiger partial charge < -0.3 is 14.7 Å². The van der Waals surface area contributed by atoms with E-state index in [-0.39, 0.29) is 0 Å². The van der Waals surface area contributed by atoms with Crippen LogP contribution in [0.15, 0.2) is 24.3 Å². The Hall–Kier alpha value is -2.63. The highest BCUT2D eigenvalue weighted by atomic mass is 16.5. The van der Waals surface area contributed by atoms with E-state index in [2.05, 4.69) is 9.97 Å². The van der Waals surface area contributed by atoms with Crippen LogP contribution in [-0.4, -0.2) is 34.2 Å². The Bertz CT molecular complexity index is 740. The van der Waals surface area contributed by atoms with Crippen LogP contribution in [0.25, 0.3) is 0 Å². The monoisotopic (exact) mass is 313 g/mol. The van der Waals surface area contributed by atoms with E-state index in [1.165, 1.54) is 0 Å². The lowest BCUT2D eigenvalue weighted by Crippen LogP contribution is -2.46. The van der Waals surface area contributed by atoms with Crippen LogP contribution < -0.4 is 9.64 Å². The summed E-state index contributed by atoms with van der Waals surface area (Å²) in [4.78, 5) is 22.4. The summed E-state index contributed by atoms with van der Waals surface area (Å²) in [5.41, 5.74) is 3.73. The molecular formula is C17H19N3O3. The molecule has 1 aromatic carbocycles. The lowest BCUT2D eigenvalue weighted by atomic mass is 9.94. The Morgan fingerprint density at radius 2 is 1.91 bits per heavy atom. The lowest BCUT2D eigenvalue weighted by molar-refractivity contribution is -0.138. The molecule has 6 heteroatoms. The number of fused-ring (bicyclic) bond motifs is 1. The van der Waals surface area contributed by atoms with Crippen LogP contribution in [0.4, 0.5) is 5.95 Å². The van der Waals surface area contributed by atoms with Crippen molar-refractivity contribution in [2.24, 2.45) is 0 Å². The molecule has 1 atom stereocenters. The van der Waals surface area contributed by atoms with Crippen LogP contribution in [0, 0.1) is 13.8 Å². The minimum Gasteiger partial charge on any atom is -0.497 e. The van der Waals surface area contributed by atoms with Gasteiger partial charge in [0.15, 0.2) is 0 Å². The maximum absolute atomic E-state index is 11.7. The molecule has 23 heavy (non-hydrogen) atoms. The van der Waals surface area contributed by atoms with E-state index >= 15 is 0 Å². The highest BCUT2D eigenvalue weighted by Crippen LogP contribution is 2.29. The van der Waals surface area contributed by atoms with Gasteiger partial charge in [-0.1, -0.05) is 6.07 Å². The Morgan fingerprint density at radius 1 is 1.22 bits per heavy atom. The third-order valence-corrected chi connectivity index (χ3v) is 4.06. The van der Waals surface area contributed by atoms with E-state index in [9.17, 15) is 9.90 Å². The topological polar surface area (TPSA) is 75.6 Å². The number of aryl methyl sites for hydroxylation is 2.